The zero-order chi connectivity index (χ0) is 20.8. The van der Waals surface area contributed by atoms with Crippen LogP contribution in [0.25, 0.3) is 11.1 Å². The van der Waals surface area contributed by atoms with Crippen LogP contribution in [-0.2, 0) is 9.47 Å². The minimum atomic E-state index is 0.00823. The fourth-order valence-electron chi connectivity index (χ4n) is 4.86. The molecule has 3 heteroatoms. The number of allylic oxidation sites excluding steroid dienone is 1. The molecule has 2 aromatic carbocycles. The molecule has 1 aliphatic heterocycles. The van der Waals surface area contributed by atoms with Crippen LogP contribution in [0.15, 0.2) is 61.2 Å². The Hall–Kier alpha value is -1.61. The summed E-state index contributed by atoms with van der Waals surface area (Å²) in [7, 11) is 0. The van der Waals surface area contributed by atoms with Crippen LogP contribution in [0.2, 0.25) is 5.02 Å². The third-order valence-corrected chi connectivity index (χ3v) is 6.98. The molecule has 1 saturated carbocycles. The van der Waals surface area contributed by atoms with Gasteiger partial charge in [-0.15, -0.1) is 6.58 Å². The second-order valence-corrected chi connectivity index (χ2v) is 9.30. The van der Waals surface area contributed by atoms with Crippen molar-refractivity contribution >= 4 is 11.6 Å². The van der Waals surface area contributed by atoms with Crippen molar-refractivity contribution in [1.82, 2.24) is 0 Å². The van der Waals surface area contributed by atoms with Crippen molar-refractivity contribution in [3.63, 3.8) is 0 Å². The Morgan fingerprint density at radius 2 is 1.47 bits per heavy atom. The lowest BCUT2D eigenvalue weighted by Gasteiger charge is -2.37. The highest BCUT2D eigenvalue weighted by atomic mass is 35.5. The summed E-state index contributed by atoms with van der Waals surface area (Å²) < 4.78 is 12.2. The van der Waals surface area contributed by atoms with Gasteiger partial charge < -0.3 is 9.47 Å². The summed E-state index contributed by atoms with van der Waals surface area (Å²) in [6.45, 7) is 5.51. The molecule has 2 nitrogen and oxygen atoms in total. The van der Waals surface area contributed by atoms with E-state index < -0.39 is 0 Å². The second kappa shape index (κ2) is 10.6. The van der Waals surface area contributed by atoms with Crippen LogP contribution in [0, 0.1) is 11.8 Å². The fourth-order valence-corrected chi connectivity index (χ4v) is 4.99. The van der Waals surface area contributed by atoms with Crippen molar-refractivity contribution in [3.05, 3.63) is 71.8 Å². The van der Waals surface area contributed by atoms with E-state index in [1.165, 1.54) is 55.2 Å². The molecule has 0 radical (unpaired) electrons. The quantitative estimate of drug-likeness (QED) is 0.336. The third-order valence-electron chi connectivity index (χ3n) is 6.73. The van der Waals surface area contributed by atoms with Gasteiger partial charge in [0.15, 0.2) is 6.29 Å². The predicted molar refractivity (Wildman–Crippen MR) is 125 cm³/mol. The van der Waals surface area contributed by atoms with E-state index in [0.29, 0.717) is 17.8 Å². The summed E-state index contributed by atoms with van der Waals surface area (Å²) in [5.74, 6) is 1.75. The highest BCUT2D eigenvalue weighted by Gasteiger charge is 2.32. The van der Waals surface area contributed by atoms with Gasteiger partial charge in [0.25, 0.3) is 0 Å². The Bertz CT molecular complexity index is 783. The molecule has 0 spiro atoms. The monoisotopic (exact) mass is 424 g/mol. The van der Waals surface area contributed by atoms with E-state index in [-0.39, 0.29) is 6.29 Å². The maximum Gasteiger partial charge on any atom is 0.160 e. The van der Waals surface area contributed by atoms with Crippen LogP contribution in [-0.4, -0.2) is 19.5 Å². The molecule has 160 valence electrons. The van der Waals surface area contributed by atoms with Crippen LogP contribution in [0.4, 0.5) is 0 Å². The molecule has 1 saturated heterocycles. The average molecular weight is 425 g/mol. The molecular weight excluding hydrogens is 392 g/mol. The molecule has 2 aliphatic rings. The van der Waals surface area contributed by atoms with Crippen molar-refractivity contribution in [1.29, 1.82) is 0 Å². The third kappa shape index (κ3) is 5.55. The number of benzene rings is 2. The molecule has 0 amide bonds. The van der Waals surface area contributed by atoms with E-state index in [4.69, 9.17) is 21.1 Å². The summed E-state index contributed by atoms with van der Waals surface area (Å²) in [4.78, 5) is 0. The topological polar surface area (TPSA) is 18.5 Å². The lowest BCUT2D eigenvalue weighted by molar-refractivity contribution is -0.229. The molecule has 2 aromatic rings. The molecule has 0 N–H and O–H groups in total. The van der Waals surface area contributed by atoms with Crippen LogP contribution in [0.3, 0.4) is 0 Å². The Labute approximate surface area is 186 Å². The van der Waals surface area contributed by atoms with Crippen molar-refractivity contribution in [3.8, 4) is 11.1 Å². The second-order valence-electron chi connectivity index (χ2n) is 8.86. The summed E-state index contributed by atoms with van der Waals surface area (Å²) in [5, 5.41) is 0.779. The number of hydrogen-bond donors (Lipinski definition) is 0. The molecule has 0 bridgehead atoms. The fraction of sp³-hybridized carbons (Fsp3) is 0.481. The van der Waals surface area contributed by atoms with Gasteiger partial charge in [-0.2, -0.15) is 0 Å². The maximum absolute atomic E-state index is 6.12. The Kier molecular flexibility index (Phi) is 7.65. The molecule has 1 heterocycles. The van der Waals surface area contributed by atoms with Gasteiger partial charge in [-0.25, -0.2) is 0 Å². The van der Waals surface area contributed by atoms with E-state index in [1.807, 2.05) is 18.2 Å². The summed E-state index contributed by atoms with van der Waals surface area (Å²) in [5.41, 5.74) is 3.92. The highest BCUT2D eigenvalue weighted by molar-refractivity contribution is 6.30. The smallest absolute Gasteiger partial charge is 0.160 e. The van der Waals surface area contributed by atoms with E-state index >= 15 is 0 Å². The zero-order valence-electron chi connectivity index (χ0n) is 17.8. The SMILES string of the molecule is C=CCCCC1COC(C2CCC(c3ccc(-c4ccc(Cl)cc4)cc3)CC2)OC1. The van der Waals surface area contributed by atoms with E-state index in [0.717, 1.165) is 24.7 Å². The first kappa shape index (κ1) is 21.6. The van der Waals surface area contributed by atoms with Crippen LogP contribution in [0.5, 0.6) is 0 Å². The number of halogens is 1. The van der Waals surface area contributed by atoms with E-state index in [9.17, 15) is 0 Å². The molecule has 1 aliphatic carbocycles. The highest BCUT2D eigenvalue weighted by Crippen LogP contribution is 2.39. The lowest BCUT2D eigenvalue weighted by atomic mass is 9.78. The maximum atomic E-state index is 6.12. The first-order valence-corrected chi connectivity index (χ1v) is 11.8. The molecule has 0 aromatic heterocycles. The average Bonchev–Trinajstić information content (AvgIpc) is 2.81. The largest absolute Gasteiger partial charge is 0.352 e. The van der Waals surface area contributed by atoms with Crippen LogP contribution in [0.1, 0.15) is 56.4 Å². The van der Waals surface area contributed by atoms with Gasteiger partial charge in [-0.3, -0.25) is 0 Å². The number of ether oxygens (including phenoxy) is 2. The number of unbranched alkanes of at least 4 members (excludes halogenated alkanes) is 1. The summed E-state index contributed by atoms with van der Waals surface area (Å²) >= 11 is 6.01. The Morgan fingerprint density at radius 3 is 2.07 bits per heavy atom. The summed E-state index contributed by atoms with van der Waals surface area (Å²) in [6.07, 6.45) is 10.3. The zero-order valence-corrected chi connectivity index (χ0v) is 18.5. The molecule has 0 unspecified atom stereocenters. The minimum Gasteiger partial charge on any atom is -0.352 e. The molecular formula is C27H33ClO2. The first-order valence-electron chi connectivity index (χ1n) is 11.4. The summed E-state index contributed by atoms with van der Waals surface area (Å²) in [6, 6.07) is 17.1. The van der Waals surface area contributed by atoms with Crippen molar-refractivity contribution in [2.24, 2.45) is 11.8 Å². The molecule has 30 heavy (non-hydrogen) atoms. The van der Waals surface area contributed by atoms with Gasteiger partial charge in [-0.05, 0) is 79.7 Å². The molecule has 0 atom stereocenters. The van der Waals surface area contributed by atoms with Gasteiger partial charge in [0.1, 0.15) is 0 Å². The normalized spacial score (nSPS) is 27.0. The number of hydrogen-bond acceptors (Lipinski definition) is 2. The van der Waals surface area contributed by atoms with Crippen molar-refractivity contribution < 1.29 is 9.47 Å². The predicted octanol–water partition coefficient (Wildman–Crippen LogP) is 7.63. The van der Waals surface area contributed by atoms with Crippen LogP contribution >= 0.6 is 11.6 Å². The number of rotatable bonds is 7. The Morgan fingerprint density at radius 1 is 0.867 bits per heavy atom. The van der Waals surface area contributed by atoms with Crippen LogP contribution < -0.4 is 0 Å². The van der Waals surface area contributed by atoms with Crippen molar-refractivity contribution in [2.45, 2.75) is 57.2 Å². The standard InChI is InChI=1S/C27H33ClO2/c1-2-3-4-5-20-18-29-27(30-19-20)25-12-10-23(11-13-25)21-6-8-22(9-7-21)24-14-16-26(28)17-15-24/h2,6-9,14-17,20,23,25,27H,1,3-5,10-13,18-19H2. The van der Waals surface area contributed by atoms with Gasteiger partial charge in [0.05, 0.1) is 13.2 Å². The first-order chi connectivity index (χ1) is 14.7. The van der Waals surface area contributed by atoms with Gasteiger partial charge in [0, 0.05) is 16.9 Å². The molecule has 4 rings (SSSR count). The van der Waals surface area contributed by atoms with Crippen molar-refractivity contribution in [2.75, 3.05) is 13.2 Å². The lowest BCUT2D eigenvalue weighted by Crippen LogP contribution is -2.38. The van der Waals surface area contributed by atoms with Gasteiger partial charge in [-0.1, -0.05) is 54.1 Å². The van der Waals surface area contributed by atoms with Gasteiger partial charge in [0.2, 0.25) is 0 Å². The van der Waals surface area contributed by atoms with E-state index in [1.54, 1.807) is 0 Å². The molecule has 2 fully saturated rings. The minimum absolute atomic E-state index is 0.00823. The van der Waals surface area contributed by atoms with E-state index in [2.05, 4.69) is 43.0 Å². The van der Waals surface area contributed by atoms with Gasteiger partial charge >= 0.3 is 0 Å². The Balaban J connectivity index is 1.25.